The van der Waals surface area contributed by atoms with Crippen molar-refractivity contribution in [2.75, 3.05) is 0 Å². The number of hydrogen-bond donors (Lipinski definition) is 1. The van der Waals surface area contributed by atoms with Crippen LogP contribution in [0.5, 0.6) is 0 Å². The molecule has 2 N–H and O–H groups in total. The first-order chi connectivity index (χ1) is 5.66. The molecule has 1 rings (SSSR count). The van der Waals surface area contributed by atoms with Gasteiger partial charge in [0.05, 0.1) is 0 Å². The van der Waals surface area contributed by atoms with Crippen LogP contribution in [-0.4, -0.2) is 0 Å². The van der Waals surface area contributed by atoms with E-state index in [1.165, 1.54) is 12.1 Å². The summed E-state index contributed by atoms with van der Waals surface area (Å²) in [4.78, 5) is 0. The fourth-order valence-electron chi connectivity index (χ4n) is 1.03. The fourth-order valence-corrected chi connectivity index (χ4v) is 1.03. The van der Waals surface area contributed by atoms with Crippen LogP contribution in [0.3, 0.4) is 0 Å². The Labute approximate surface area is 82.4 Å². The lowest BCUT2D eigenvalue weighted by atomic mass is 10.1. The van der Waals surface area contributed by atoms with Gasteiger partial charge in [-0.25, -0.2) is 8.78 Å². The van der Waals surface area contributed by atoms with Crippen molar-refractivity contribution in [2.45, 2.75) is 19.4 Å². The largest absolute Gasteiger partial charge is 0.324 e. The van der Waals surface area contributed by atoms with Crippen LogP contribution >= 0.6 is 12.4 Å². The van der Waals surface area contributed by atoms with E-state index in [0.717, 1.165) is 6.07 Å². The van der Waals surface area contributed by atoms with Gasteiger partial charge in [0.25, 0.3) is 0 Å². The van der Waals surface area contributed by atoms with Gasteiger partial charge < -0.3 is 5.73 Å². The second kappa shape index (κ2) is 5.14. The van der Waals surface area contributed by atoms with Gasteiger partial charge in [-0.1, -0.05) is 19.1 Å². The first kappa shape index (κ1) is 12.3. The highest BCUT2D eigenvalue weighted by Gasteiger charge is 2.12. The molecule has 1 atom stereocenters. The zero-order valence-electron chi connectivity index (χ0n) is 7.26. The van der Waals surface area contributed by atoms with Crippen LogP contribution in [0.2, 0.25) is 0 Å². The molecule has 74 valence electrons. The zero-order chi connectivity index (χ0) is 9.14. The van der Waals surface area contributed by atoms with Gasteiger partial charge in [0.15, 0.2) is 11.6 Å². The minimum absolute atomic E-state index is 0. The van der Waals surface area contributed by atoms with E-state index in [0.29, 0.717) is 6.42 Å². The number of benzene rings is 1. The molecule has 0 heterocycles. The molecule has 0 aliphatic carbocycles. The normalized spacial score (nSPS) is 12.0. The third kappa shape index (κ3) is 2.64. The molecule has 1 aromatic rings. The predicted octanol–water partition coefficient (Wildman–Crippen LogP) is 2.80. The number of halogens is 3. The molecule has 0 aliphatic heterocycles. The molecule has 0 amide bonds. The highest BCUT2D eigenvalue weighted by atomic mass is 35.5. The van der Waals surface area contributed by atoms with Crippen molar-refractivity contribution in [2.24, 2.45) is 5.73 Å². The Kier molecular flexibility index (Phi) is 4.88. The van der Waals surface area contributed by atoms with Gasteiger partial charge in [0.1, 0.15) is 0 Å². The smallest absolute Gasteiger partial charge is 0.163 e. The summed E-state index contributed by atoms with van der Waals surface area (Å²) in [6.07, 6.45) is 0.598. The quantitative estimate of drug-likeness (QED) is 0.793. The lowest BCUT2D eigenvalue weighted by molar-refractivity contribution is 0.486. The monoisotopic (exact) mass is 207 g/mol. The molecule has 0 saturated heterocycles. The maximum Gasteiger partial charge on any atom is 0.163 e. The molecular weight excluding hydrogens is 196 g/mol. The molecule has 0 aliphatic rings. The van der Waals surface area contributed by atoms with Gasteiger partial charge in [-0.05, 0) is 12.5 Å². The summed E-state index contributed by atoms with van der Waals surface area (Å²) in [6.45, 7) is 1.83. The van der Waals surface area contributed by atoms with Crippen molar-refractivity contribution in [3.05, 3.63) is 35.4 Å². The van der Waals surface area contributed by atoms with Crippen molar-refractivity contribution in [1.82, 2.24) is 0 Å². The molecule has 0 spiro atoms. The van der Waals surface area contributed by atoms with E-state index >= 15 is 0 Å². The summed E-state index contributed by atoms with van der Waals surface area (Å²) >= 11 is 0. The van der Waals surface area contributed by atoms with Crippen LogP contribution in [0.25, 0.3) is 0 Å². The van der Waals surface area contributed by atoms with Gasteiger partial charge in [0, 0.05) is 11.6 Å². The van der Waals surface area contributed by atoms with Gasteiger partial charge in [-0.2, -0.15) is 0 Å². The second-order valence-corrected chi connectivity index (χ2v) is 2.66. The molecule has 0 radical (unpaired) electrons. The molecule has 0 bridgehead atoms. The Bertz CT molecular complexity index is 278. The Hall–Kier alpha value is -0.670. The standard InChI is InChI=1S/C9H11F2N.ClH/c1-2-8(12)6-4-3-5-7(10)9(6)11;/h3-5,8H,2,12H2,1H3;1H. The summed E-state index contributed by atoms with van der Waals surface area (Å²) < 4.78 is 25.6. The number of hydrogen-bond acceptors (Lipinski definition) is 1. The van der Waals surface area contributed by atoms with Gasteiger partial charge in [-0.15, -0.1) is 12.4 Å². The zero-order valence-corrected chi connectivity index (χ0v) is 8.07. The van der Waals surface area contributed by atoms with Gasteiger partial charge >= 0.3 is 0 Å². The average molecular weight is 208 g/mol. The Morgan fingerprint density at radius 3 is 2.54 bits per heavy atom. The molecule has 1 nitrogen and oxygen atoms in total. The average Bonchev–Trinajstić information content (AvgIpc) is 2.08. The molecule has 4 heteroatoms. The molecule has 13 heavy (non-hydrogen) atoms. The van der Waals surface area contributed by atoms with Gasteiger partial charge in [-0.3, -0.25) is 0 Å². The van der Waals surface area contributed by atoms with Crippen LogP contribution in [0.4, 0.5) is 8.78 Å². The first-order valence-electron chi connectivity index (χ1n) is 3.86. The van der Waals surface area contributed by atoms with Crippen molar-refractivity contribution in [3.8, 4) is 0 Å². The Balaban J connectivity index is 0.00000144. The second-order valence-electron chi connectivity index (χ2n) is 2.66. The van der Waals surface area contributed by atoms with Crippen LogP contribution in [0, 0.1) is 11.6 Å². The predicted molar refractivity (Wildman–Crippen MR) is 50.8 cm³/mol. The number of nitrogens with two attached hydrogens (primary N) is 1. The third-order valence-corrected chi connectivity index (χ3v) is 1.82. The van der Waals surface area contributed by atoms with Crippen LogP contribution in [0.15, 0.2) is 18.2 Å². The lowest BCUT2D eigenvalue weighted by Gasteiger charge is -2.09. The van der Waals surface area contributed by atoms with Crippen molar-refractivity contribution in [1.29, 1.82) is 0 Å². The summed E-state index contributed by atoms with van der Waals surface area (Å²) in [5.41, 5.74) is 5.80. The molecule has 1 unspecified atom stereocenters. The Morgan fingerprint density at radius 1 is 1.38 bits per heavy atom. The van der Waals surface area contributed by atoms with Crippen molar-refractivity contribution >= 4 is 12.4 Å². The molecule has 1 aromatic carbocycles. The molecular formula is C9H12ClF2N. The van der Waals surface area contributed by atoms with E-state index in [1.54, 1.807) is 0 Å². The molecule has 0 aromatic heterocycles. The van der Waals surface area contributed by atoms with Crippen molar-refractivity contribution < 1.29 is 8.78 Å². The highest BCUT2D eigenvalue weighted by molar-refractivity contribution is 5.85. The highest BCUT2D eigenvalue weighted by Crippen LogP contribution is 2.19. The summed E-state index contributed by atoms with van der Waals surface area (Å²) in [7, 11) is 0. The van der Waals surface area contributed by atoms with Crippen LogP contribution < -0.4 is 5.73 Å². The van der Waals surface area contributed by atoms with Crippen LogP contribution in [-0.2, 0) is 0 Å². The van der Waals surface area contributed by atoms with E-state index in [2.05, 4.69) is 0 Å². The molecule has 0 saturated carbocycles. The lowest BCUT2D eigenvalue weighted by Crippen LogP contribution is -2.11. The summed E-state index contributed by atoms with van der Waals surface area (Å²) in [5.74, 6) is -1.66. The van der Waals surface area contributed by atoms with E-state index in [4.69, 9.17) is 5.73 Å². The third-order valence-electron chi connectivity index (χ3n) is 1.82. The Morgan fingerprint density at radius 2 is 2.00 bits per heavy atom. The summed E-state index contributed by atoms with van der Waals surface area (Å²) in [6, 6.07) is 3.64. The van der Waals surface area contributed by atoms with E-state index < -0.39 is 17.7 Å². The SMILES string of the molecule is CCC(N)c1cccc(F)c1F.Cl. The maximum atomic E-state index is 13.0. The number of rotatable bonds is 2. The topological polar surface area (TPSA) is 26.0 Å². The van der Waals surface area contributed by atoms with Gasteiger partial charge in [0.2, 0.25) is 0 Å². The van der Waals surface area contributed by atoms with E-state index in [-0.39, 0.29) is 18.0 Å². The maximum absolute atomic E-state index is 13.0. The van der Waals surface area contributed by atoms with Crippen LogP contribution in [0.1, 0.15) is 24.9 Å². The fraction of sp³-hybridized carbons (Fsp3) is 0.333. The first-order valence-corrected chi connectivity index (χ1v) is 3.86. The minimum atomic E-state index is -0.837. The van der Waals surface area contributed by atoms with E-state index in [1.807, 2.05) is 6.92 Å². The van der Waals surface area contributed by atoms with E-state index in [9.17, 15) is 8.78 Å². The molecule has 0 fully saturated rings. The summed E-state index contributed by atoms with van der Waals surface area (Å²) in [5, 5.41) is 0. The van der Waals surface area contributed by atoms with Crippen molar-refractivity contribution in [3.63, 3.8) is 0 Å². The minimum Gasteiger partial charge on any atom is -0.324 e.